The molecule has 188 valence electrons. The topological polar surface area (TPSA) is 67.9 Å². The number of rotatable bonds is 12. The van der Waals surface area contributed by atoms with Crippen LogP contribution in [0.4, 0.5) is 26.3 Å². The van der Waals surface area contributed by atoms with Crippen LogP contribution in [0.2, 0.25) is 0 Å². The van der Waals surface area contributed by atoms with Crippen molar-refractivity contribution in [3.05, 3.63) is 70.8 Å². The molecule has 35 heavy (non-hydrogen) atoms. The molecule has 12 heteroatoms. The molecule has 2 aliphatic heterocycles. The first kappa shape index (κ1) is 25.2. The maximum absolute atomic E-state index is 13.0. The lowest BCUT2D eigenvalue weighted by atomic mass is 10.0. The van der Waals surface area contributed by atoms with Gasteiger partial charge >= 0.3 is 23.7 Å². The van der Waals surface area contributed by atoms with Crippen LogP contribution in [0.15, 0.2) is 69.0 Å². The first-order valence-corrected chi connectivity index (χ1v) is 10.9. The van der Waals surface area contributed by atoms with Gasteiger partial charge in [-0.3, -0.25) is 0 Å². The van der Waals surface area contributed by atoms with Gasteiger partial charge in [-0.1, -0.05) is 48.5 Å². The van der Waals surface area contributed by atoms with Crippen LogP contribution in [-0.4, -0.2) is 25.6 Å². The lowest BCUT2D eigenvalue weighted by Gasteiger charge is -2.15. The van der Waals surface area contributed by atoms with E-state index < -0.39 is 23.7 Å². The Morgan fingerprint density at radius 2 is 0.886 bits per heavy atom. The van der Waals surface area contributed by atoms with Crippen LogP contribution in [0.3, 0.4) is 0 Å². The quantitative estimate of drug-likeness (QED) is 0.234. The Labute approximate surface area is 197 Å². The second-order valence-electron chi connectivity index (χ2n) is 8.30. The molecule has 0 aromatic heterocycles. The number of nitrogens with zero attached hydrogens (tertiary/aromatic N) is 4. The molecule has 0 saturated carbocycles. The highest BCUT2D eigenvalue weighted by Crippen LogP contribution is 2.53. The highest BCUT2D eigenvalue weighted by atomic mass is 19.4. The third-order valence-electron chi connectivity index (χ3n) is 5.72. The lowest BCUT2D eigenvalue weighted by Crippen LogP contribution is -2.30. The Kier molecular flexibility index (Phi) is 6.96. The summed E-state index contributed by atoms with van der Waals surface area (Å²) in [5, 5.41) is 12.7. The van der Waals surface area contributed by atoms with Crippen molar-refractivity contribution < 1.29 is 35.8 Å². The average Bonchev–Trinajstić information content (AvgIpc) is 3.71. The van der Waals surface area contributed by atoms with E-state index in [-0.39, 0.29) is 24.3 Å². The number of halogens is 6. The van der Waals surface area contributed by atoms with E-state index in [0.29, 0.717) is 13.2 Å². The minimum Gasteiger partial charge on any atom is -0.377 e. The van der Waals surface area contributed by atoms with E-state index in [4.69, 9.17) is 9.47 Å². The van der Waals surface area contributed by atoms with Gasteiger partial charge in [0.1, 0.15) is 0 Å². The summed E-state index contributed by atoms with van der Waals surface area (Å²) in [6.07, 6.45) is -6.65. The van der Waals surface area contributed by atoms with Crippen LogP contribution in [0.25, 0.3) is 0 Å². The smallest absolute Gasteiger partial charge is 0.377 e. The Hall–Kier alpha value is -2.86. The SMILES string of the molecule is FC(F)(F)C1(c2ccc(COCCCCCOCc3ccc(C4(C(F)(F)F)N=N4)cc3)cc2)N=N1. The zero-order valence-corrected chi connectivity index (χ0v) is 18.4. The van der Waals surface area contributed by atoms with Crippen molar-refractivity contribution in [1.82, 2.24) is 0 Å². The standard InChI is InChI=1S/C23H22F6N4O2/c24-22(25,26)20(30-31-20)18-8-4-16(5-9-18)14-34-12-2-1-3-13-35-15-17-6-10-19(11-7-17)21(32-33-21)23(27,28)29/h4-11H,1-3,12-15H2. The van der Waals surface area contributed by atoms with Crippen molar-refractivity contribution in [3.8, 4) is 0 Å². The molecular formula is C23H22F6N4O2. The average molecular weight is 500 g/mol. The molecule has 0 spiro atoms. The fourth-order valence-electron chi connectivity index (χ4n) is 3.52. The molecule has 2 aromatic rings. The Balaban J connectivity index is 1.06. The second kappa shape index (κ2) is 9.65. The summed E-state index contributed by atoms with van der Waals surface area (Å²) in [6.45, 7) is 1.57. The van der Waals surface area contributed by atoms with E-state index in [2.05, 4.69) is 20.5 Å². The maximum atomic E-state index is 13.0. The van der Waals surface area contributed by atoms with Crippen LogP contribution in [-0.2, 0) is 34.0 Å². The third kappa shape index (κ3) is 5.53. The highest BCUT2D eigenvalue weighted by molar-refractivity contribution is 5.33. The van der Waals surface area contributed by atoms with Crippen LogP contribution >= 0.6 is 0 Å². The van der Waals surface area contributed by atoms with Gasteiger partial charge in [0.15, 0.2) is 0 Å². The van der Waals surface area contributed by atoms with Crippen molar-refractivity contribution >= 4 is 0 Å². The monoisotopic (exact) mass is 500 g/mol. The summed E-state index contributed by atoms with van der Waals surface area (Å²) >= 11 is 0. The van der Waals surface area contributed by atoms with E-state index in [9.17, 15) is 26.3 Å². The molecule has 2 heterocycles. The van der Waals surface area contributed by atoms with Crippen molar-refractivity contribution in [1.29, 1.82) is 0 Å². The Morgan fingerprint density at radius 1 is 0.543 bits per heavy atom. The number of ether oxygens (including phenoxy) is 2. The predicted octanol–water partition coefficient (Wildman–Crippen LogP) is 6.95. The van der Waals surface area contributed by atoms with Crippen LogP contribution in [0.5, 0.6) is 0 Å². The van der Waals surface area contributed by atoms with Crippen LogP contribution < -0.4 is 0 Å². The fourth-order valence-corrected chi connectivity index (χ4v) is 3.52. The molecule has 0 unspecified atom stereocenters. The molecule has 2 aliphatic rings. The van der Waals surface area contributed by atoms with Gasteiger partial charge in [0.25, 0.3) is 0 Å². The van der Waals surface area contributed by atoms with Gasteiger partial charge in [-0.25, -0.2) is 0 Å². The maximum Gasteiger partial charge on any atom is 0.442 e. The van der Waals surface area contributed by atoms with Crippen molar-refractivity contribution in [2.75, 3.05) is 13.2 Å². The fraction of sp³-hybridized carbons (Fsp3) is 0.478. The summed E-state index contributed by atoms with van der Waals surface area (Å²) in [5.74, 6) is 0. The van der Waals surface area contributed by atoms with E-state index >= 15 is 0 Å². The number of unbranched alkanes of at least 4 members (excludes halogenated alkanes) is 2. The number of alkyl halides is 6. The number of hydrogen-bond acceptors (Lipinski definition) is 6. The molecule has 2 aromatic carbocycles. The molecule has 0 radical (unpaired) electrons. The summed E-state index contributed by atoms with van der Waals surface area (Å²) in [5.41, 5.74) is -3.32. The van der Waals surface area contributed by atoms with E-state index in [0.717, 1.165) is 30.4 Å². The largest absolute Gasteiger partial charge is 0.442 e. The van der Waals surface area contributed by atoms with Gasteiger partial charge in [-0.15, -0.1) is 20.5 Å². The van der Waals surface area contributed by atoms with Gasteiger partial charge < -0.3 is 9.47 Å². The van der Waals surface area contributed by atoms with E-state index in [1.54, 1.807) is 24.3 Å². The zero-order valence-electron chi connectivity index (χ0n) is 18.4. The minimum atomic E-state index is -4.54. The van der Waals surface area contributed by atoms with Crippen molar-refractivity contribution in [2.24, 2.45) is 20.5 Å². The Morgan fingerprint density at radius 3 is 1.17 bits per heavy atom. The van der Waals surface area contributed by atoms with Gasteiger partial charge in [-0.05, 0) is 30.4 Å². The molecule has 0 amide bonds. The number of hydrogen-bond donors (Lipinski definition) is 0. The van der Waals surface area contributed by atoms with E-state index in [1.165, 1.54) is 24.3 Å². The highest BCUT2D eigenvalue weighted by Gasteiger charge is 2.65. The van der Waals surface area contributed by atoms with E-state index in [1.807, 2.05) is 0 Å². The molecule has 0 fully saturated rings. The molecule has 0 bridgehead atoms. The first-order valence-electron chi connectivity index (χ1n) is 10.9. The minimum absolute atomic E-state index is 0.0103. The number of benzene rings is 2. The lowest BCUT2D eigenvalue weighted by molar-refractivity contribution is -0.166. The second-order valence-corrected chi connectivity index (χ2v) is 8.30. The molecule has 4 rings (SSSR count). The normalized spacial score (nSPS) is 17.5. The molecule has 0 saturated heterocycles. The van der Waals surface area contributed by atoms with Crippen LogP contribution in [0, 0.1) is 0 Å². The van der Waals surface area contributed by atoms with Gasteiger partial charge in [0.05, 0.1) is 13.2 Å². The summed E-state index contributed by atoms with van der Waals surface area (Å²) in [4.78, 5) is 0. The molecule has 0 aliphatic carbocycles. The predicted molar refractivity (Wildman–Crippen MR) is 111 cm³/mol. The Bertz CT molecular complexity index is 968. The van der Waals surface area contributed by atoms with Crippen molar-refractivity contribution in [2.45, 2.75) is 56.2 Å². The molecule has 6 nitrogen and oxygen atoms in total. The molecule has 0 N–H and O–H groups in total. The zero-order chi connectivity index (χ0) is 25.2. The summed E-state index contributed by atoms with van der Waals surface area (Å²) in [6, 6.07) is 11.7. The summed E-state index contributed by atoms with van der Waals surface area (Å²) in [7, 11) is 0. The third-order valence-corrected chi connectivity index (χ3v) is 5.72. The van der Waals surface area contributed by atoms with Gasteiger partial charge in [0, 0.05) is 24.3 Å². The van der Waals surface area contributed by atoms with Crippen LogP contribution in [0.1, 0.15) is 41.5 Å². The first-order chi connectivity index (χ1) is 16.6. The van der Waals surface area contributed by atoms with Gasteiger partial charge in [-0.2, -0.15) is 26.3 Å². The molecule has 0 atom stereocenters. The van der Waals surface area contributed by atoms with Crippen molar-refractivity contribution in [3.63, 3.8) is 0 Å². The summed E-state index contributed by atoms with van der Waals surface area (Å²) < 4.78 is 89.1. The van der Waals surface area contributed by atoms with Gasteiger partial charge in [0.2, 0.25) is 0 Å². The molecular weight excluding hydrogens is 478 g/mol.